The highest BCUT2D eigenvalue weighted by atomic mass is 35.5. The molecule has 0 radical (unpaired) electrons. The normalized spacial score (nSPS) is 12.5. The third-order valence-electron chi connectivity index (χ3n) is 1.88. The van der Waals surface area contributed by atoms with Gasteiger partial charge in [-0.3, -0.25) is 0 Å². The van der Waals surface area contributed by atoms with Crippen molar-refractivity contribution >= 4 is 11.6 Å². The molecule has 0 spiro atoms. The van der Waals surface area contributed by atoms with Crippen LogP contribution in [0.15, 0.2) is 36.9 Å². The van der Waals surface area contributed by atoms with E-state index in [2.05, 4.69) is 6.58 Å². The van der Waals surface area contributed by atoms with E-state index < -0.39 is 0 Å². The fraction of sp³-hybridized carbons (Fsp3) is 0.273. The van der Waals surface area contributed by atoms with Crippen LogP contribution in [0.2, 0.25) is 5.02 Å². The molecule has 0 aliphatic carbocycles. The Labute approximate surface area is 84.2 Å². The van der Waals surface area contributed by atoms with Crippen LogP contribution in [-0.2, 0) is 6.42 Å². The van der Waals surface area contributed by atoms with Crippen LogP contribution >= 0.6 is 11.6 Å². The van der Waals surface area contributed by atoms with Crippen LogP contribution in [0.25, 0.3) is 0 Å². The Morgan fingerprint density at radius 2 is 2.00 bits per heavy atom. The largest absolute Gasteiger partial charge is 0.327 e. The van der Waals surface area contributed by atoms with Crippen LogP contribution in [0.5, 0.6) is 0 Å². The van der Waals surface area contributed by atoms with E-state index in [1.165, 1.54) is 5.56 Å². The Morgan fingerprint density at radius 1 is 1.38 bits per heavy atom. The number of nitrogens with two attached hydrogens (primary N) is 1. The van der Waals surface area contributed by atoms with Crippen LogP contribution < -0.4 is 5.73 Å². The minimum Gasteiger partial charge on any atom is -0.327 e. The van der Waals surface area contributed by atoms with Crippen molar-refractivity contribution in [3.05, 3.63) is 47.5 Å². The van der Waals surface area contributed by atoms with Crippen molar-refractivity contribution in [1.29, 1.82) is 0 Å². The van der Waals surface area contributed by atoms with Crippen molar-refractivity contribution in [3.63, 3.8) is 0 Å². The first-order valence-corrected chi connectivity index (χ1v) is 4.71. The highest BCUT2D eigenvalue weighted by molar-refractivity contribution is 6.30. The summed E-state index contributed by atoms with van der Waals surface area (Å²) in [5.41, 5.74) is 7.07. The quantitative estimate of drug-likeness (QED) is 0.735. The Bertz CT molecular complexity index is 266. The highest BCUT2D eigenvalue weighted by Crippen LogP contribution is 2.11. The zero-order valence-corrected chi connectivity index (χ0v) is 8.30. The molecule has 1 rings (SSSR count). The third-order valence-corrected chi connectivity index (χ3v) is 2.13. The standard InChI is InChI=1S/C11H14ClN/c1-2-3-11(13)8-9-4-6-10(12)7-5-9/h2,4-7,11H,1,3,8,13H2/t11-/m0/s1. The summed E-state index contributed by atoms with van der Waals surface area (Å²) >= 11 is 5.76. The first-order valence-electron chi connectivity index (χ1n) is 4.33. The second-order valence-electron chi connectivity index (χ2n) is 3.12. The maximum absolute atomic E-state index is 5.85. The van der Waals surface area contributed by atoms with Gasteiger partial charge in [0, 0.05) is 11.1 Å². The number of halogens is 1. The maximum Gasteiger partial charge on any atom is 0.0406 e. The van der Waals surface area contributed by atoms with E-state index in [1.807, 2.05) is 30.3 Å². The zero-order valence-electron chi connectivity index (χ0n) is 7.54. The molecule has 0 saturated heterocycles. The van der Waals surface area contributed by atoms with Gasteiger partial charge in [0.2, 0.25) is 0 Å². The second kappa shape index (κ2) is 5.05. The molecule has 0 heterocycles. The molecule has 2 heteroatoms. The molecule has 0 bridgehead atoms. The van der Waals surface area contributed by atoms with Gasteiger partial charge in [0.1, 0.15) is 0 Å². The first-order chi connectivity index (χ1) is 6.22. The summed E-state index contributed by atoms with van der Waals surface area (Å²) in [6.45, 7) is 3.66. The van der Waals surface area contributed by atoms with Gasteiger partial charge in [0.25, 0.3) is 0 Å². The Kier molecular flexibility index (Phi) is 4.00. The molecule has 0 aliphatic heterocycles. The predicted molar refractivity (Wildman–Crippen MR) is 57.9 cm³/mol. The van der Waals surface area contributed by atoms with Crippen LogP contribution in [0.4, 0.5) is 0 Å². The SMILES string of the molecule is C=CC[C@H](N)Cc1ccc(Cl)cc1. The molecule has 0 saturated carbocycles. The lowest BCUT2D eigenvalue weighted by molar-refractivity contribution is 0.680. The predicted octanol–water partition coefficient (Wildman–Crippen LogP) is 2.79. The topological polar surface area (TPSA) is 26.0 Å². The van der Waals surface area contributed by atoms with E-state index in [4.69, 9.17) is 17.3 Å². The van der Waals surface area contributed by atoms with Crippen LogP contribution in [0, 0.1) is 0 Å². The molecule has 0 amide bonds. The van der Waals surface area contributed by atoms with Gasteiger partial charge in [-0.15, -0.1) is 6.58 Å². The number of hydrogen-bond acceptors (Lipinski definition) is 1. The first kappa shape index (κ1) is 10.3. The van der Waals surface area contributed by atoms with Crippen LogP contribution in [-0.4, -0.2) is 6.04 Å². The summed E-state index contributed by atoms with van der Waals surface area (Å²) in [5, 5.41) is 0.765. The molecule has 70 valence electrons. The van der Waals surface area contributed by atoms with E-state index in [-0.39, 0.29) is 6.04 Å². The van der Waals surface area contributed by atoms with Gasteiger partial charge in [-0.1, -0.05) is 29.8 Å². The Morgan fingerprint density at radius 3 is 2.54 bits per heavy atom. The monoisotopic (exact) mass is 195 g/mol. The van der Waals surface area contributed by atoms with Crippen molar-refractivity contribution in [2.24, 2.45) is 5.73 Å². The minimum atomic E-state index is 0.165. The Hall–Kier alpha value is -0.790. The van der Waals surface area contributed by atoms with Gasteiger partial charge < -0.3 is 5.73 Å². The fourth-order valence-electron chi connectivity index (χ4n) is 1.22. The number of rotatable bonds is 4. The van der Waals surface area contributed by atoms with Crippen LogP contribution in [0.3, 0.4) is 0 Å². The van der Waals surface area contributed by atoms with E-state index in [9.17, 15) is 0 Å². The molecule has 0 aromatic heterocycles. The lowest BCUT2D eigenvalue weighted by Crippen LogP contribution is -2.21. The highest BCUT2D eigenvalue weighted by Gasteiger charge is 2.01. The van der Waals surface area contributed by atoms with E-state index in [0.717, 1.165) is 17.9 Å². The van der Waals surface area contributed by atoms with Crippen molar-refractivity contribution in [2.75, 3.05) is 0 Å². The van der Waals surface area contributed by atoms with Gasteiger partial charge in [-0.05, 0) is 30.5 Å². The summed E-state index contributed by atoms with van der Waals surface area (Å²) in [6.07, 6.45) is 3.58. The fourth-order valence-corrected chi connectivity index (χ4v) is 1.35. The molecular formula is C11H14ClN. The summed E-state index contributed by atoms with van der Waals surface area (Å²) < 4.78 is 0. The molecular weight excluding hydrogens is 182 g/mol. The minimum absolute atomic E-state index is 0.165. The molecule has 0 unspecified atom stereocenters. The second-order valence-corrected chi connectivity index (χ2v) is 3.55. The lowest BCUT2D eigenvalue weighted by atomic mass is 10.0. The summed E-state index contributed by atoms with van der Waals surface area (Å²) in [6, 6.07) is 7.95. The molecule has 0 aliphatic rings. The average Bonchev–Trinajstić information content (AvgIpc) is 2.09. The maximum atomic E-state index is 5.85. The van der Waals surface area contributed by atoms with Gasteiger partial charge >= 0.3 is 0 Å². The van der Waals surface area contributed by atoms with Crippen LogP contribution in [0.1, 0.15) is 12.0 Å². The third kappa shape index (κ3) is 3.62. The molecule has 1 atom stereocenters. The van der Waals surface area contributed by atoms with E-state index >= 15 is 0 Å². The summed E-state index contributed by atoms with van der Waals surface area (Å²) in [4.78, 5) is 0. The molecule has 0 fully saturated rings. The number of benzene rings is 1. The van der Waals surface area contributed by atoms with Gasteiger partial charge in [0.15, 0.2) is 0 Å². The molecule has 13 heavy (non-hydrogen) atoms. The van der Waals surface area contributed by atoms with Crippen molar-refractivity contribution in [2.45, 2.75) is 18.9 Å². The molecule has 1 aromatic rings. The van der Waals surface area contributed by atoms with Gasteiger partial charge in [-0.2, -0.15) is 0 Å². The lowest BCUT2D eigenvalue weighted by Gasteiger charge is -2.08. The zero-order chi connectivity index (χ0) is 9.68. The van der Waals surface area contributed by atoms with E-state index in [0.29, 0.717) is 0 Å². The van der Waals surface area contributed by atoms with E-state index in [1.54, 1.807) is 0 Å². The smallest absolute Gasteiger partial charge is 0.0406 e. The van der Waals surface area contributed by atoms with Gasteiger partial charge in [-0.25, -0.2) is 0 Å². The summed E-state index contributed by atoms with van der Waals surface area (Å²) in [5.74, 6) is 0. The molecule has 1 nitrogen and oxygen atoms in total. The van der Waals surface area contributed by atoms with Crippen molar-refractivity contribution in [3.8, 4) is 0 Å². The average molecular weight is 196 g/mol. The van der Waals surface area contributed by atoms with Gasteiger partial charge in [0.05, 0.1) is 0 Å². The summed E-state index contributed by atoms with van der Waals surface area (Å²) in [7, 11) is 0. The molecule has 2 N–H and O–H groups in total. The van der Waals surface area contributed by atoms with Crippen molar-refractivity contribution in [1.82, 2.24) is 0 Å². The molecule has 1 aromatic carbocycles. The van der Waals surface area contributed by atoms with Crippen molar-refractivity contribution < 1.29 is 0 Å². The Balaban J connectivity index is 2.53. The number of hydrogen-bond donors (Lipinski definition) is 1.